The molecule has 0 saturated carbocycles. The van der Waals surface area contributed by atoms with Crippen molar-refractivity contribution >= 4 is 35.4 Å². The summed E-state index contributed by atoms with van der Waals surface area (Å²) in [4.78, 5) is 85.8. The molecule has 0 radical (unpaired) electrons. The number of ether oxygens (including phenoxy) is 1. The highest BCUT2D eigenvalue weighted by Gasteiger charge is 2.46. The average molecular weight is 1090 g/mol. The Morgan fingerprint density at radius 3 is 1.35 bits per heavy atom. The lowest BCUT2D eigenvalue weighted by molar-refractivity contribution is -0.144. The van der Waals surface area contributed by atoms with Crippen LogP contribution in [0.1, 0.15) is 164 Å². The molecule has 4 saturated heterocycles. The Morgan fingerprint density at radius 2 is 0.949 bits per heavy atom. The van der Waals surface area contributed by atoms with E-state index in [-0.39, 0.29) is 47.5 Å². The number of rotatable bonds is 26. The largest absolute Gasteiger partial charge is 0.381 e. The zero-order valence-corrected chi connectivity index (χ0v) is 46.7. The Kier molecular flexibility index (Phi) is 21.5. The van der Waals surface area contributed by atoms with Crippen LogP contribution < -0.4 is 31.9 Å². The summed E-state index contributed by atoms with van der Waals surface area (Å²) < 4.78 is 9.64. The van der Waals surface area contributed by atoms with Gasteiger partial charge in [-0.3, -0.25) is 38.1 Å². The number of carbonyl (C=O) groups excluding carboxylic acids is 6. The molecule has 0 unspecified atom stereocenters. The van der Waals surface area contributed by atoms with Gasteiger partial charge in [0.1, 0.15) is 35.6 Å². The van der Waals surface area contributed by atoms with Crippen LogP contribution in [-0.4, -0.2) is 151 Å². The third-order valence-corrected chi connectivity index (χ3v) is 16.5. The summed E-state index contributed by atoms with van der Waals surface area (Å²) in [6.07, 6.45) is 18.1. The Balaban J connectivity index is 0.756. The summed E-state index contributed by atoms with van der Waals surface area (Å²) in [5, 5.41) is 36.2. The van der Waals surface area contributed by atoms with Crippen molar-refractivity contribution in [2.75, 3.05) is 27.3 Å². The van der Waals surface area contributed by atoms with Crippen molar-refractivity contribution in [2.45, 2.75) is 203 Å². The Hall–Kier alpha value is -6.58. The molecule has 4 fully saturated rings. The van der Waals surface area contributed by atoms with Gasteiger partial charge in [0.25, 0.3) is 0 Å². The van der Waals surface area contributed by atoms with Gasteiger partial charge in [-0.1, -0.05) is 96.8 Å². The minimum absolute atomic E-state index is 0.0487. The number of unbranched alkanes of at least 4 members (excludes halogenated alkanes) is 4. The molecule has 8 rings (SSSR count). The Morgan fingerprint density at radius 1 is 0.544 bits per heavy atom. The fourth-order valence-corrected chi connectivity index (χ4v) is 11.6. The van der Waals surface area contributed by atoms with Crippen molar-refractivity contribution in [2.24, 2.45) is 0 Å². The van der Waals surface area contributed by atoms with E-state index in [4.69, 9.17) is 4.74 Å². The highest BCUT2D eigenvalue weighted by Crippen LogP contribution is 2.34. The summed E-state index contributed by atoms with van der Waals surface area (Å²) >= 11 is 0. The predicted molar refractivity (Wildman–Crippen MR) is 297 cm³/mol. The van der Waals surface area contributed by atoms with Crippen LogP contribution in [0.25, 0.3) is 0 Å². The van der Waals surface area contributed by atoms with E-state index in [0.717, 1.165) is 101 Å². The van der Waals surface area contributed by atoms with Crippen molar-refractivity contribution < 1.29 is 33.5 Å². The van der Waals surface area contributed by atoms with Crippen LogP contribution in [-0.2, 0) is 46.6 Å². The molecule has 2 aromatic heterocycles. The van der Waals surface area contributed by atoms with Crippen LogP contribution >= 0.6 is 0 Å². The van der Waals surface area contributed by atoms with Gasteiger partial charge in [-0.25, -0.2) is 0 Å². The molecule has 0 bridgehead atoms. The van der Waals surface area contributed by atoms with E-state index in [1.165, 1.54) is 0 Å². The van der Waals surface area contributed by atoms with Gasteiger partial charge in [0.2, 0.25) is 35.4 Å². The average Bonchev–Trinajstić information content (AvgIpc) is 4.43. The predicted octanol–water partition coefficient (Wildman–Crippen LogP) is 4.39. The van der Waals surface area contributed by atoms with E-state index in [2.05, 4.69) is 52.5 Å². The fourth-order valence-electron chi connectivity index (χ4n) is 11.6. The second kappa shape index (κ2) is 29.0. The number of nitrogens with one attached hydrogen (secondary N) is 6. The van der Waals surface area contributed by atoms with Gasteiger partial charge in [0, 0.05) is 38.4 Å². The zero-order valence-electron chi connectivity index (χ0n) is 46.7. The number of nitrogens with zero attached hydrogens (tertiary/aromatic N) is 8. The number of hydrogen-bond acceptors (Lipinski definition) is 13. The van der Waals surface area contributed by atoms with Crippen LogP contribution in [0, 0.1) is 0 Å². The van der Waals surface area contributed by atoms with E-state index < -0.39 is 48.3 Å². The molecule has 21 heteroatoms. The molecule has 79 heavy (non-hydrogen) atoms. The van der Waals surface area contributed by atoms with Gasteiger partial charge in [-0.2, -0.15) is 0 Å². The summed E-state index contributed by atoms with van der Waals surface area (Å²) in [5.41, 5.74) is 2.96. The number of aryl methyl sites for hydroxylation is 2. The standard InChI is InChI=1S/C58H84N14O7/c1-39(59-3)53(73)61-45-27-15-13-25-43-29-31-49(71(43)57(45)77)55(75)63-51(41-21-9-5-10-22-41)47-37-69(67-65-47)33-17-7-19-35-79-36-20-8-18-34-70-38-48(66-68-70)52(42-23-11-6-12-24-42)64-56(76)50-32-30-44-26-14-16-28-46(58(78)72(44)50)62-54(74)40(2)60-4/h5-6,9-12,21-24,37-40,43-46,49-52,59-60H,7-8,13-20,25-36H2,1-4H3,(H,61,73)(H,62,74)(H,63,75)(H,64,76)/t39-,40-,43-,44-,45-,46+,49-,50-,51-,52-/m0/s1. The van der Waals surface area contributed by atoms with Crippen molar-refractivity contribution in [3.63, 3.8) is 0 Å². The maximum Gasteiger partial charge on any atom is 0.246 e. The van der Waals surface area contributed by atoms with Crippen LogP contribution in [0.2, 0.25) is 0 Å². The van der Waals surface area contributed by atoms with E-state index >= 15 is 0 Å². The molecule has 0 aliphatic carbocycles. The minimum Gasteiger partial charge on any atom is -0.381 e. The van der Waals surface area contributed by atoms with Gasteiger partial charge < -0.3 is 46.4 Å². The Bertz CT molecular complexity index is 2440. The van der Waals surface area contributed by atoms with Crippen LogP contribution in [0.4, 0.5) is 0 Å². The quantitative estimate of drug-likeness (QED) is 0.0478. The van der Waals surface area contributed by atoms with Crippen molar-refractivity contribution in [3.8, 4) is 0 Å². The topological polar surface area (TPSA) is 252 Å². The fraction of sp³-hybridized carbons (Fsp3) is 0.621. The molecule has 21 nitrogen and oxygen atoms in total. The number of amides is 6. The maximum absolute atomic E-state index is 14.2. The lowest BCUT2D eigenvalue weighted by atomic mass is 9.98. The second-order valence-corrected chi connectivity index (χ2v) is 21.9. The van der Waals surface area contributed by atoms with Crippen LogP contribution in [0.15, 0.2) is 73.1 Å². The third kappa shape index (κ3) is 15.4. The molecule has 6 heterocycles. The van der Waals surface area contributed by atoms with E-state index in [9.17, 15) is 28.8 Å². The van der Waals surface area contributed by atoms with Gasteiger partial charge in [0.05, 0.1) is 36.6 Å². The van der Waals surface area contributed by atoms with Gasteiger partial charge in [-0.05, 0) is 129 Å². The number of hydrogen-bond donors (Lipinski definition) is 6. The van der Waals surface area contributed by atoms with Crippen LogP contribution in [0.3, 0.4) is 0 Å². The smallest absolute Gasteiger partial charge is 0.246 e. The first-order valence-electron chi connectivity index (χ1n) is 29.1. The van der Waals surface area contributed by atoms with Crippen molar-refractivity contribution in [3.05, 3.63) is 95.6 Å². The molecule has 6 N–H and O–H groups in total. The third-order valence-electron chi connectivity index (χ3n) is 16.5. The summed E-state index contributed by atoms with van der Waals surface area (Å²) in [6.45, 7) is 6.17. The van der Waals surface area contributed by atoms with E-state index in [1.807, 2.05) is 82.4 Å². The highest BCUT2D eigenvalue weighted by molar-refractivity contribution is 5.95. The Labute approximate surface area is 464 Å². The lowest BCUT2D eigenvalue weighted by Crippen LogP contribution is -2.58. The number of likely N-dealkylation sites (N-methyl/N-ethyl adjacent to an activating group) is 2. The monoisotopic (exact) mass is 1090 g/mol. The first-order chi connectivity index (χ1) is 38.4. The highest BCUT2D eigenvalue weighted by atomic mass is 16.5. The summed E-state index contributed by atoms with van der Waals surface area (Å²) in [5.74, 6) is -1.33. The zero-order chi connectivity index (χ0) is 55.7. The second-order valence-electron chi connectivity index (χ2n) is 21.9. The SMILES string of the molecule is CN[C@@H](C)C(=O)N[C@H]1CCCC[C@H]2CC[C@@H](C(=O)N[C@@H](c3ccccc3)c3cn(CCCCCOCCCCCn4cc([C@@H](NC(=O)[C@@H]5CC[C@@H]6CCCC[C@@H](NC(=O)[C@H](C)NC)C(=O)N65)c5ccccc5)nn4)nn3)N2C1=O. The van der Waals surface area contributed by atoms with Crippen molar-refractivity contribution in [1.29, 1.82) is 0 Å². The number of fused-ring (bicyclic) bond motifs is 2. The first kappa shape index (κ1) is 58.6. The van der Waals surface area contributed by atoms with Crippen molar-refractivity contribution in [1.82, 2.24) is 71.7 Å². The molecule has 6 amide bonds. The molecule has 2 aromatic carbocycles. The first-order valence-corrected chi connectivity index (χ1v) is 29.1. The van der Waals surface area contributed by atoms with E-state index in [0.29, 0.717) is 63.4 Å². The number of aromatic nitrogens is 6. The maximum atomic E-state index is 14.2. The number of benzene rings is 2. The molecule has 4 aromatic rings. The van der Waals surface area contributed by atoms with Gasteiger partial charge >= 0.3 is 0 Å². The van der Waals surface area contributed by atoms with Gasteiger partial charge in [0.15, 0.2) is 0 Å². The van der Waals surface area contributed by atoms with Gasteiger partial charge in [-0.15, -0.1) is 10.2 Å². The lowest BCUT2D eigenvalue weighted by Gasteiger charge is -2.36. The molecule has 428 valence electrons. The minimum atomic E-state index is -0.676. The molecular weight excluding hydrogens is 1000 g/mol. The summed E-state index contributed by atoms with van der Waals surface area (Å²) in [7, 11) is 3.42. The summed E-state index contributed by atoms with van der Waals surface area (Å²) in [6, 6.07) is 14.6. The number of carbonyl (C=O) groups is 6. The normalized spacial score (nSPS) is 23.0. The molecule has 10 atom stereocenters. The molecule has 4 aliphatic heterocycles. The molecular formula is C58H84N14O7. The van der Waals surface area contributed by atoms with E-state index in [1.54, 1.807) is 37.7 Å². The molecule has 0 spiro atoms. The molecule has 4 aliphatic rings. The van der Waals surface area contributed by atoms with Crippen LogP contribution in [0.5, 0.6) is 0 Å².